The number of nitrogens with zero attached hydrogens (tertiary/aromatic N) is 2. The van der Waals surface area contributed by atoms with Gasteiger partial charge in [0.05, 0.1) is 47.1 Å². The first kappa shape index (κ1) is 24.7. The van der Waals surface area contributed by atoms with Crippen molar-refractivity contribution in [2.45, 2.75) is 19.9 Å². The zero-order chi connectivity index (χ0) is 25.3. The van der Waals surface area contributed by atoms with E-state index in [0.717, 1.165) is 5.56 Å². The zero-order valence-corrected chi connectivity index (χ0v) is 21.9. The molecule has 1 N–H and O–H groups in total. The van der Waals surface area contributed by atoms with E-state index in [1.165, 1.54) is 23.0 Å². The minimum absolute atomic E-state index is 0.0275. The van der Waals surface area contributed by atoms with E-state index in [1.54, 1.807) is 51.3 Å². The Morgan fingerprint density at radius 2 is 1.94 bits per heavy atom. The van der Waals surface area contributed by atoms with Gasteiger partial charge in [0.2, 0.25) is 0 Å². The lowest BCUT2D eigenvalue weighted by atomic mass is 9.96. The number of phenolic OH excluding ortho intramolecular Hbond substituents is 1. The highest BCUT2D eigenvalue weighted by Gasteiger charge is 2.33. The van der Waals surface area contributed by atoms with Crippen molar-refractivity contribution in [3.63, 3.8) is 0 Å². The van der Waals surface area contributed by atoms with E-state index in [-0.39, 0.29) is 23.7 Å². The molecule has 0 unspecified atom stereocenters. The van der Waals surface area contributed by atoms with E-state index >= 15 is 0 Å². The molecule has 3 aromatic rings. The third-order valence-electron chi connectivity index (χ3n) is 5.52. The van der Waals surface area contributed by atoms with Crippen molar-refractivity contribution in [2.24, 2.45) is 4.99 Å². The van der Waals surface area contributed by atoms with Gasteiger partial charge in [-0.2, -0.15) is 0 Å². The Kier molecular flexibility index (Phi) is 7.13. The predicted molar refractivity (Wildman–Crippen MR) is 136 cm³/mol. The van der Waals surface area contributed by atoms with Crippen LogP contribution in [0.25, 0.3) is 6.08 Å². The van der Waals surface area contributed by atoms with Crippen LogP contribution in [0.3, 0.4) is 0 Å². The van der Waals surface area contributed by atoms with Gasteiger partial charge in [0.1, 0.15) is 5.75 Å². The number of carbonyl (C=O) groups excluding carboxylic acids is 1. The lowest BCUT2D eigenvalue weighted by molar-refractivity contribution is -0.139. The van der Waals surface area contributed by atoms with Crippen LogP contribution >= 0.6 is 27.3 Å². The molecule has 1 aliphatic rings. The van der Waals surface area contributed by atoms with Crippen molar-refractivity contribution in [2.75, 3.05) is 20.8 Å². The van der Waals surface area contributed by atoms with Crippen LogP contribution in [0.15, 0.2) is 61.9 Å². The van der Waals surface area contributed by atoms with Gasteiger partial charge < -0.3 is 19.3 Å². The van der Waals surface area contributed by atoms with Crippen molar-refractivity contribution in [1.82, 2.24) is 4.57 Å². The van der Waals surface area contributed by atoms with E-state index < -0.39 is 12.0 Å². The summed E-state index contributed by atoms with van der Waals surface area (Å²) in [4.78, 5) is 31.6. The normalized spacial score (nSPS) is 15.5. The summed E-state index contributed by atoms with van der Waals surface area (Å²) in [5, 5.41) is 10.1. The molecule has 1 aromatic heterocycles. The Morgan fingerprint density at radius 1 is 1.23 bits per heavy atom. The molecule has 0 amide bonds. The van der Waals surface area contributed by atoms with Crippen molar-refractivity contribution in [3.8, 4) is 17.2 Å². The second kappa shape index (κ2) is 10.1. The van der Waals surface area contributed by atoms with Crippen molar-refractivity contribution < 1.29 is 24.1 Å². The summed E-state index contributed by atoms with van der Waals surface area (Å²) in [7, 11) is 3.02. The average Bonchev–Trinajstić information content (AvgIpc) is 3.14. The first-order chi connectivity index (χ1) is 16.8. The van der Waals surface area contributed by atoms with Crippen LogP contribution in [0, 0.1) is 0 Å². The minimum Gasteiger partial charge on any atom is -0.503 e. The summed E-state index contributed by atoms with van der Waals surface area (Å²) >= 11 is 4.52. The lowest BCUT2D eigenvalue weighted by Crippen LogP contribution is -2.39. The topological polar surface area (TPSA) is 99.4 Å². The zero-order valence-electron chi connectivity index (χ0n) is 19.5. The van der Waals surface area contributed by atoms with Gasteiger partial charge in [-0.3, -0.25) is 9.36 Å². The van der Waals surface area contributed by atoms with E-state index in [9.17, 15) is 14.7 Å². The molecule has 0 fully saturated rings. The number of thiazole rings is 1. The molecule has 182 valence electrons. The van der Waals surface area contributed by atoms with Crippen molar-refractivity contribution in [3.05, 3.63) is 83.0 Å². The summed E-state index contributed by atoms with van der Waals surface area (Å²) in [6, 6.07) is 9.81. The van der Waals surface area contributed by atoms with E-state index in [0.29, 0.717) is 36.4 Å². The van der Waals surface area contributed by atoms with Crippen LogP contribution in [0.1, 0.15) is 31.0 Å². The molecule has 0 radical (unpaired) electrons. The lowest BCUT2D eigenvalue weighted by Gasteiger charge is -2.24. The molecule has 0 bridgehead atoms. The Morgan fingerprint density at radius 3 is 2.57 bits per heavy atom. The first-order valence-corrected chi connectivity index (χ1v) is 12.3. The van der Waals surface area contributed by atoms with Gasteiger partial charge in [-0.05, 0) is 71.2 Å². The van der Waals surface area contributed by atoms with Gasteiger partial charge in [0, 0.05) is 0 Å². The number of hydrogen-bond acceptors (Lipinski definition) is 8. The molecule has 8 nitrogen and oxygen atoms in total. The predicted octanol–water partition coefficient (Wildman–Crippen LogP) is 3.28. The number of esters is 1. The van der Waals surface area contributed by atoms with Gasteiger partial charge in [-0.1, -0.05) is 23.5 Å². The number of phenols is 1. The standard InChI is InChI=1S/C25H23BrN2O6S/c1-5-34-24(31)20-13(2)27-25-28(21(20)15-6-8-16(32-3)9-7-15)23(30)19(35-25)12-14-10-17(26)22(29)18(11-14)33-4/h6-12,21,29H,5H2,1-4H3/t21-/m0/s1. The second-order valence-corrected chi connectivity index (χ2v) is 9.49. The maximum absolute atomic E-state index is 13.7. The third kappa shape index (κ3) is 4.63. The van der Waals surface area contributed by atoms with Gasteiger partial charge in [0.15, 0.2) is 16.3 Å². The number of carbonyl (C=O) groups is 1. The summed E-state index contributed by atoms with van der Waals surface area (Å²) in [6.07, 6.45) is 1.70. The Bertz CT molecular complexity index is 1500. The average molecular weight is 559 g/mol. The molecular formula is C25H23BrN2O6S. The SMILES string of the molecule is CCOC(=O)C1=C(C)N=c2sc(=Cc3cc(Br)c(O)c(OC)c3)c(=O)n2[C@H]1c1ccc(OC)cc1. The highest BCUT2D eigenvalue weighted by atomic mass is 79.9. The molecule has 35 heavy (non-hydrogen) atoms. The van der Waals surface area contributed by atoms with Crippen LogP contribution in [0.2, 0.25) is 0 Å². The molecule has 2 aromatic carbocycles. The smallest absolute Gasteiger partial charge is 0.338 e. The van der Waals surface area contributed by atoms with Gasteiger partial charge in [-0.25, -0.2) is 9.79 Å². The Labute approximate surface area is 213 Å². The van der Waals surface area contributed by atoms with Crippen molar-refractivity contribution in [1.29, 1.82) is 0 Å². The molecule has 0 spiro atoms. The fraction of sp³-hybridized carbons (Fsp3) is 0.240. The Hall–Kier alpha value is -3.37. The number of halogens is 1. The Balaban J connectivity index is 1.94. The largest absolute Gasteiger partial charge is 0.503 e. The third-order valence-corrected chi connectivity index (χ3v) is 7.10. The number of aromatic nitrogens is 1. The number of hydrogen-bond donors (Lipinski definition) is 1. The van der Waals surface area contributed by atoms with Gasteiger partial charge in [-0.15, -0.1) is 0 Å². The summed E-state index contributed by atoms with van der Waals surface area (Å²) in [5.74, 6) is 0.387. The highest BCUT2D eigenvalue weighted by molar-refractivity contribution is 9.10. The maximum Gasteiger partial charge on any atom is 0.338 e. The van der Waals surface area contributed by atoms with Gasteiger partial charge in [0.25, 0.3) is 5.56 Å². The molecule has 4 rings (SSSR count). The number of benzene rings is 2. The number of aromatic hydroxyl groups is 1. The molecule has 10 heteroatoms. The molecule has 1 aliphatic heterocycles. The summed E-state index contributed by atoms with van der Waals surface area (Å²) in [5.41, 5.74) is 1.88. The van der Waals surface area contributed by atoms with Crippen LogP contribution < -0.4 is 24.4 Å². The fourth-order valence-corrected chi connectivity index (χ4v) is 5.38. The van der Waals surface area contributed by atoms with Crippen molar-refractivity contribution >= 4 is 39.3 Å². The number of allylic oxidation sites excluding steroid dienone is 1. The summed E-state index contributed by atoms with van der Waals surface area (Å²) < 4.78 is 18.2. The molecule has 0 aliphatic carbocycles. The first-order valence-electron chi connectivity index (χ1n) is 10.7. The minimum atomic E-state index is -0.709. The number of methoxy groups -OCH3 is 2. The number of ether oxygens (including phenoxy) is 3. The monoisotopic (exact) mass is 558 g/mol. The molecular weight excluding hydrogens is 536 g/mol. The molecule has 0 saturated heterocycles. The van der Waals surface area contributed by atoms with Crippen LogP contribution in [-0.4, -0.2) is 36.5 Å². The van der Waals surface area contributed by atoms with E-state index in [4.69, 9.17) is 14.2 Å². The quantitative estimate of drug-likeness (QED) is 0.466. The molecule has 0 saturated carbocycles. The number of rotatable bonds is 6. The van der Waals surface area contributed by atoms with Crippen LogP contribution in [0.5, 0.6) is 17.2 Å². The highest BCUT2D eigenvalue weighted by Crippen LogP contribution is 2.35. The van der Waals surface area contributed by atoms with E-state index in [1.807, 2.05) is 12.1 Å². The molecule has 1 atom stereocenters. The second-order valence-electron chi connectivity index (χ2n) is 7.63. The molecule has 2 heterocycles. The maximum atomic E-state index is 13.7. The van der Waals surface area contributed by atoms with E-state index in [2.05, 4.69) is 20.9 Å². The number of fused-ring (bicyclic) bond motifs is 1. The van der Waals surface area contributed by atoms with Crippen LogP contribution in [0.4, 0.5) is 0 Å². The summed E-state index contributed by atoms with van der Waals surface area (Å²) in [6.45, 7) is 3.67. The van der Waals surface area contributed by atoms with Crippen LogP contribution in [-0.2, 0) is 9.53 Å². The fourth-order valence-electron chi connectivity index (χ4n) is 3.88. The van der Waals surface area contributed by atoms with Gasteiger partial charge >= 0.3 is 5.97 Å².